The van der Waals surface area contributed by atoms with Crippen molar-refractivity contribution in [1.29, 1.82) is 0 Å². The Labute approximate surface area is 249 Å². The maximum Gasteiger partial charge on any atom is 0.263 e. The van der Waals surface area contributed by atoms with E-state index in [4.69, 9.17) is 9.47 Å². The molecule has 0 aromatic heterocycles. The first kappa shape index (κ1) is 30.4. The SMILES string of the molecule is Cc1cccc(OC(C)C(=O)N(CCN(Cc2ccccc2)C(=O)C(C)Oc2cccc(C)c2)Cc2ccccc2)c1. The average Bonchev–Trinajstić information content (AvgIpc) is 2.99. The predicted octanol–water partition coefficient (Wildman–Crippen LogP) is 6.60. The Morgan fingerprint density at radius 2 is 0.952 bits per heavy atom. The molecule has 0 aliphatic carbocycles. The Bertz CT molecular complexity index is 1330. The summed E-state index contributed by atoms with van der Waals surface area (Å²) in [6.07, 6.45) is -1.39. The minimum Gasteiger partial charge on any atom is -0.481 e. The molecule has 0 N–H and O–H groups in total. The molecule has 2 unspecified atom stereocenters. The molecule has 2 amide bonds. The molecule has 0 heterocycles. The third-order valence-corrected chi connectivity index (χ3v) is 7.00. The van der Waals surface area contributed by atoms with Crippen LogP contribution in [0.2, 0.25) is 0 Å². The average molecular weight is 565 g/mol. The number of carbonyl (C=O) groups is 2. The lowest BCUT2D eigenvalue weighted by molar-refractivity contribution is -0.142. The van der Waals surface area contributed by atoms with Crippen molar-refractivity contribution < 1.29 is 19.1 Å². The lowest BCUT2D eigenvalue weighted by Gasteiger charge is -2.31. The third kappa shape index (κ3) is 8.96. The lowest BCUT2D eigenvalue weighted by Crippen LogP contribution is -2.47. The molecule has 2 atom stereocenters. The van der Waals surface area contributed by atoms with E-state index in [-0.39, 0.29) is 11.8 Å². The molecule has 0 saturated carbocycles. The highest BCUT2D eigenvalue weighted by Gasteiger charge is 2.27. The molecule has 4 rings (SSSR count). The Balaban J connectivity index is 1.52. The van der Waals surface area contributed by atoms with Gasteiger partial charge in [-0.15, -0.1) is 0 Å². The summed E-state index contributed by atoms with van der Waals surface area (Å²) in [5, 5.41) is 0. The summed E-state index contributed by atoms with van der Waals surface area (Å²) >= 11 is 0. The zero-order chi connectivity index (χ0) is 29.9. The van der Waals surface area contributed by atoms with Crippen LogP contribution in [-0.4, -0.2) is 46.9 Å². The number of hydrogen-bond acceptors (Lipinski definition) is 4. The van der Waals surface area contributed by atoms with Crippen LogP contribution in [0.4, 0.5) is 0 Å². The van der Waals surface area contributed by atoms with E-state index in [1.807, 2.05) is 123 Å². The summed E-state index contributed by atoms with van der Waals surface area (Å²) in [7, 11) is 0. The van der Waals surface area contributed by atoms with Crippen LogP contribution in [0, 0.1) is 13.8 Å². The second-order valence-electron chi connectivity index (χ2n) is 10.6. The Morgan fingerprint density at radius 3 is 1.31 bits per heavy atom. The minimum absolute atomic E-state index is 0.142. The monoisotopic (exact) mass is 564 g/mol. The second-order valence-corrected chi connectivity index (χ2v) is 10.6. The summed E-state index contributed by atoms with van der Waals surface area (Å²) in [4.78, 5) is 31.1. The predicted molar refractivity (Wildman–Crippen MR) is 166 cm³/mol. The van der Waals surface area contributed by atoms with Crippen LogP contribution in [0.5, 0.6) is 11.5 Å². The summed E-state index contributed by atoms with van der Waals surface area (Å²) in [5.41, 5.74) is 4.13. The minimum atomic E-state index is -0.697. The van der Waals surface area contributed by atoms with E-state index >= 15 is 0 Å². The van der Waals surface area contributed by atoms with E-state index in [0.717, 1.165) is 22.3 Å². The topological polar surface area (TPSA) is 59.1 Å². The van der Waals surface area contributed by atoms with Crippen LogP contribution in [0.3, 0.4) is 0 Å². The fraction of sp³-hybridized carbons (Fsp3) is 0.278. The Morgan fingerprint density at radius 1 is 0.571 bits per heavy atom. The molecule has 4 aromatic rings. The number of carbonyl (C=O) groups excluding carboxylic acids is 2. The number of ether oxygens (including phenoxy) is 2. The van der Waals surface area contributed by atoms with Crippen LogP contribution in [0.25, 0.3) is 0 Å². The summed E-state index contributed by atoms with van der Waals surface area (Å²) in [6, 6.07) is 35.1. The van der Waals surface area contributed by atoms with Gasteiger partial charge in [0.1, 0.15) is 11.5 Å². The standard InChI is InChI=1S/C36H40N2O4/c1-27-13-11-19-33(23-27)41-29(3)35(39)37(25-31-15-7-5-8-16-31)21-22-38(26-32-17-9-6-10-18-32)36(40)30(4)42-34-20-12-14-28(2)24-34/h5-20,23-24,29-30H,21-22,25-26H2,1-4H3. The van der Waals surface area contributed by atoms with Gasteiger partial charge in [-0.2, -0.15) is 0 Å². The fourth-order valence-corrected chi connectivity index (χ4v) is 4.78. The molecule has 0 radical (unpaired) electrons. The molecule has 42 heavy (non-hydrogen) atoms. The van der Waals surface area contributed by atoms with Crippen molar-refractivity contribution in [1.82, 2.24) is 9.80 Å². The van der Waals surface area contributed by atoms with Crippen molar-refractivity contribution in [3.05, 3.63) is 131 Å². The van der Waals surface area contributed by atoms with Crippen molar-refractivity contribution in [2.45, 2.75) is 53.0 Å². The first-order valence-corrected chi connectivity index (χ1v) is 14.4. The zero-order valence-electron chi connectivity index (χ0n) is 24.9. The molecule has 0 bridgehead atoms. The second kappa shape index (κ2) is 14.9. The first-order valence-electron chi connectivity index (χ1n) is 14.4. The highest BCUT2D eigenvalue weighted by atomic mass is 16.5. The van der Waals surface area contributed by atoms with E-state index in [1.165, 1.54) is 0 Å². The van der Waals surface area contributed by atoms with Crippen LogP contribution in [0.1, 0.15) is 36.1 Å². The smallest absolute Gasteiger partial charge is 0.263 e. The van der Waals surface area contributed by atoms with Crippen LogP contribution in [0.15, 0.2) is 109 Å². The van der Waals surface area contributed by atoms with Gasteiger partial charge < -0.3 is 19.3 Å². The normalized spacial score (nSPS) is 12.2. The number of amides is 2. The number of hydrogen-bond donors (Lipinski definition) is 0. The van der Waals surface area contributed by atoms with Gasteiger partial charge >= 0.3 is 0 Å². The van der Waals surface area contributed by atoms with Crippen LogP contribution in [-0.2, 0) is 22.7 Å². The first-order chi connectivity index (χ1) is 20.3. The maximum atomic E-state index is 13.8. The Kier molecular flexibility index (Phi) is 10.8. The maximum absolute atomic E-state index is 13.8. The van der Waals surface area contributed by atoms with Gasteiger partial charge in [0.2, 0.25) is 0 Å². The van der Waals surface area contributed by atoms with E-state index in [1.54, 1.807) is 23.6 Å². The number of nitrogens with zero attached hydrogens (tertiary/aromatic N) is 2. The van der Waals surface area contributed by atoms with E-state index < -0.39 is 12.2 Å². The van der Waals surface area contributed by atoms with Crippen molar-refractivity contribution in [2.75, 3.05) is 13.1 Å². The van der Waals surface area contributed by atoms with Gasteiger partial charge in [0.15, 0.2) is 12.2 Å². The van der Waals surface area contributed by atoms with Gasteiger partial charge in [-0.25, -0.2) is 0 Å². The quantitative estimate of drug-likeness (QED) is 0.184. The van der Waals surface area contributed by atoms with Crippen LogP contribution >= 0.6 is 0 Å². The molecule has 6 nitrogen and oxygen atoms in total. The van der Waals surface area contributed by atoms with Gasteiger partial charge in [0.05, 0.1) is 0 Å². The van der Waals surface area contributed by atoms with Crippen molar-refractivity contribution in [2.24, 2.45) is 0 Å². The van der Waals surface area contributed by atoms with Gasteiger partial charge in [-0.1, -0.05) is 84.9 Å². The van der Waals surface area contributed by atoms with E-state index in [9.17, 15) is 9.59 Å². The number of benzene rings is 4. The molecular weight excluding hydrogens is 524 g/mol. The highest BCUT2D eigenvalue weighted by Crippen LogP contribution is 2.18. The largest absolute Gasteiger partial charge is 0.481 e. The molecular formula is C36H40N2O4. The van der Waals surface area contributed by atoms with Crippen molar-refractivity contribution in [3.8, 4) is 11.5 Å². The molecule has 6 heteroatoms. The van der Waals surface area contributed by atoms with Crippen LogP contribution < -0.4 is 9.47 Å². The fourth-order valence-electron chi connectivity index (χ4n) is 4.78. The zero-order valence-corrected chi connectivity index (χ0v) is 24.9. The van der Waals surface area contributed by atoms with Gasteiger partial charge in [-0.3, -0.25) is 9.59 Å². The molecule has 4 aromatic carbocycles. The molecule has 0 aliphatic rings. The molecule has 0 saturated heterocycles. The Hall–Kier alpha value is -4.58. The molecule has 0 aliphatic heterocycles. The lowest BCUT2D eigenvalue weighted by atomic mass is 10.1. The summed E-state index contributed by atoms with van der Waals surface area (Å²) in [6.45, 7) is 9.01. The summed E-state index contributed by atoms with van der Waals surface area (Å²) < 4.78 is 12.1. The summed E-state index contributed by atoms with van der Waals surface area (Å²) in [5.74, 6) is 1.02. The molecule has 0 fully saturated rings. The van der Waals surface area contributed by atoms with E-state index in [2.05, 4.69) is 0 Å². The van der Waals surface area contributed by atoms with E-state index in [0.29, 0.717) is 37.7 Å². The van der Waals surface area contributed by atoms with Crippen molar-refractivity contribution in [3.63, 3.8) is 0 Å². The number of rotatable bonds is 13. The number of aryl methyl sites for hydroxylation is 2. The van der Waals surface area contributed by atoms with Crippen molar-refractivity contribution >= 4 is 11.8 Å². The highest BCUT2D eigenvalue weighted by molar-refractivity contribution is 5.82. The van der Waals surface area contributed by atoms with Gasteiger partial charge in [0.25, 0.3) is 11.8 Å². The third-order valence-electron chi connectivity index (χ3n) is 7.00. The molecule has 0 spiro atoms. The molecule has 218 valence electrons. The van der Waals surface area contributed by atoms with Gasteiger partial charge in [0, 0.05) is 26.2 Å². The van der Waals surface area contributed by atoms with Gasteiger partial charge in [-0.05, 0) is 74.2 Å².